The molecule has 2 aromatic rings. The van der Waals surface area contributed by atoms with Crippen molar-refractivity contribution < 1.29 is 14.4 Å². The summed E-state index contributed by atoms with van der Waals surface area (Å²) >= 11 is 0. The van der Waals surface area contributed by atoms with Gasteiger partial charge < -0.3 is 5.32 Å². The molecule has 1 heterocycles. The van der Waals surface area contributed by atoms with Gasteiger partial charge in [0.15, 0.2) is 0 Å². The van der Waals surface area contributed by atoms with Crippen LogP contribution in [0.15, 0.2) is 48.5 Å². The molecule has 4 rings (SSSR count). The summed E-state index contributed by atoms with van der Waals surface area (Å²) in [5.74, 6) is -0.0776. The summed E-state index contributed by atoms with van der Waals surface area (Å²) in [5.41, 5.74) is 1.81. The quantitative estimate of drug-likeness (QED) is 0.763. The number of amides is 3. The van der Waals surface area contributed by atoms with Crippen molar-refractivity contribution in [2.45, 2.75) is 44.9 Å². The molecule has 2 aromatic carbocycles. The Labute approximate surface area is 164 Å². The van der Waals surface area contributed by atoms with E-state index in [2.05, 4.69) is 5.32 Å². The van der Waals surface area contributed by atoms with Gasteiger partial charge in [0.1, 0.15) is 0 Å². The molecule has 0 spiro atoms. The van der Waals surface area contributed by atoms with E-state index in [1.54, 1.807) is 42.5 Å². The highest BCUT2D eigenvalue weighted by Crippen LogP contribution is 2.30. The minimum absolute atomic E-state index is 0.0396. The Morgan fingerprint density at radius 3 is 2.39 bits per heavy atom. The molecule has 1 aliphatic heterocycles. The first-order valence-corrected chi connectivity index (χ1v) is 10.0. The van der Waals surface area contributed by atoms with Gasteiger partial charge in [0, 0.05) is 12.1 Å². The highest BCUT2D eigenvalue weighted by Gasteiger charge is 2.36. The molecular weight excluding hydrogens is 352 g/mol. The van der Waals surface area contributed by atoms with E-state index in [1.807, 2.05) is 6.07 Å². The van der Waals surface area contributed by atoms with Gasteiger partial charge in [-0.2, -0.15) is 0 Å². The molecule has 28 heavy (non-hydrogen) atoms. The molecule has 5 heteroatoms. The van der Waals surface area contributed by atoms with Crippen molar-refractivity contribution in [2.75, 3.05) is 10.2 Å². The number of nitrogens with zero attached hydrogens (tertiary/aromatic N) is 1. The number of carbonyl (C=O) groups excluding carboxylic acids is 3. The van der Waals surface area contributed by atoms with E-state index in [-0.39, 0.29) is 17.7 Å². The van der Waals surface area contributed by atoms with E-state index in [9.17, 15) is 14.4 Å². The Morgan fingerprint density at radius 1 is 0.929 bits per heavy atom. The van der Waals surface area contributed by atoms with Crippen LogP contribution in [0.5, 0.6) is 0 Å². The number of para-hydroxylation sites is 1. The molecule has 0 radical (unpaired) electrons. The van der Waals surface area contributed by atoms with Crippen LogP contribution >= 0.6 is 0 Å². The largest absolute Gasteiger partial charge is 0.326 e. The van der Waals surface area contributed by atoms with Gasteiger partial charge in [-0.05, 0) is 42.7 Å². The van der Waals surface area contributed by atoms with Crippen molar-refractivity contribution in [1.29, 1.82) is 0 Å². The highest BCUT2D eigenvalue weighted by atomic mass is 16.2. The van der Waals surface area contributed by atoms with Crippen LogP contribution in [0.4, 0.5) is 11.4 Å². The molecule has 5 nitrogen and oxygen atoms in total. The lowest BCUT2D eigenvalue weighted by Crippen LogP contribution is -2.29. The zero-order valence-electron chi connectivity index (χ0n) is 15.8. The fraction of sp³-hybridized carbons (Fsp3) is 0.348. The minimum atomic E-state index is -0.357. The number of nitrogens with one attached hydrogen (secondary N) is 1. The monoisotopic (exact) mass is 376 g/mol. The van der Waals surface area contributed by atoms with E-state index in [1.165, 1.54) is 37.0 Å². The van der Waals surface area contributed by atoms with Gasteiger partial charge in [0.05, 0.1) is 16.8 Å². The molecule has 1 N–H and O–H groups in total. The first kappa shape index (κ1) is 18.4. The Morgan fingerprint density at radius 2 is 1.64 bits per heavy atom. The number of anilines is 2. The zero-order chi connectivity index (χ0) is 19.5. The van der Waals surface area contributed by atoms with Crippen molar-refractivity contribution in [3.63, 3.8) is 0 Å². The number of rotatable bonds is 5. The number of hydrogen-bond acceptors (Lipinski definition) is 3. The van der Waals surface area contributed by atoms with Crippen molar-refractivity contribution in [2.24, 2.45) is 5.92 Å². The van der Waals surface area contributed by atoms with Crippen LogP contribution in [0.25, 0.3) is 0 Å². The van der Waals surface area contributed by atoms with Gasteiger partial charge >= 0.3 is 0 Å². The van der Waals surface area contributed by atoms with Gasteiger partial charge in [-0.15, -0.1) is 0 Å². The lowest BCUT2D eigenvalue weighted by Gasteiger charge is -2.21. The van der Waals surface area contributed by atoms with Crippen LogP contribution in [0.3, 0.4) is 0 Å². The Balaban J connectivity index is 1.43. The van der Waals surface area contributed by atoms with E-state index in [4.69, 9.17) is 0 Å². The lowest BCUT2D eigenvalue weighted by atomic mass is 9.86. The van der Waals surface area contributed by atoms with E-state index in [0.717, 1.165) is 6.42 Å². The van der Waals surface area contributed by atoms with E-state index >= 15 is 0 Å². The zero-order valence-corrected chi connectivity index (χ0v) is 15.8. The maximum absolute atomic E-state index is 12.8. The number of benzene rings is 2. The summed E-state index contributed by atoms with van der Waals surface area (Å²) in [6.07, 6.45) is 7.69. The SMILES string of the molecule is O=C(CCC1CCCCC1)Nc1ccc2c(c1)C(=O)N(c1ccccc1)C2=O. The fourth-order valence-electron chi connectivity index (χ4n) is 4.16. The molecular formula is C23H24N2O3. The molecule has 0 unspecified atom stereocenters. The van der Waals surface area contributed by atoms with E-state index in [0.29, 0.717) is 34.8 Å². The molecule has 1 aliphatic carbocycles. The minimum Gasteiger partial charge on any atom is -0.326 e. The third-order valence-corrected chi connectivity index (χ3v) is 5.69. The Hall–Kier alpha value is -2.95. The summed E-state index contributed by atoms with van der Waals surface area (Å²) < 4.78 is 0. The van der Waals surface area contributed by atoms with Gasteiger partial charge in [0.2, 0.25) is 5.91 Å². The number of hydrogen-bond donors (Lipinski definition) is 1. The van der Waals surface area contributed by atoms with Crippen LogP contribution < -0.4 is 10.2 Å². The summed E-state index contributed by atoms with van der Waals surface area (Å²) in [4.78, 5) is 38.9. The second kappa shape index (κ2) is 7.97. The van der Waals surface area contributed by atoms with Crippen LogP contribution in [0.2, 0.25) is 0 Å². The standard InChI is InChI=1S/C23H24N2O3/c26-21(14-11-16-7-3-1-4-8-16)24-17-12-13-19-20(15-17)23(28)25(22(19)27)18-9-5-2-6-10-18/h2,5-6,9-10,12-13,15-16H,1,3-4,7-8,11,14H2,(H,24,26). The number of carbonyl (C=O) groups is 3. The molecule has 0 bridgehead atoms. The van der Waals surface area contributed by atoms with Crippen LogP contribution in [0.1, 0.15) is 65.7 Å². The van der Waals surface area contributed by atoms with Gasteiger partial charge in [-0.1, -0.05) is 50.3 Å². The maximum atomic E-state index is 12.8. The predicted octanol–water partition coefficient (Wildman–Crippen LogP) is 4.79. The molecule has 1 saturated carbocycles. The topological polar surface area (TPSA) is 66.5 Å². The third kappa shape index (κ3) is 3.70. The average molecular weight is 376 g/mol. The summed E-state index contributed by atoms with van der Waals surface area (Å²) in [5, 5.41) is 2.88. The van der Waals surface area contributed by atoms with Gasteiger partial charge in [0.25, 0.3) is 11.8 Å². The van der Waals surface area contributed by atoms with Crippen molar-refractivity contribution in [1.82, 2.24) is 0 Å². The lowest BCUT2D eigenvalue weighted by molar-refractivity contribution is -0.116. The van der Waals surface area contributed by atoms with Crippen LogP contribution in [0, 0.1) is 5.92 Å². The number of fused-ring (bicyclic) bond motifs is 1. The predicted molar refractivity (Wildman–Crippen MR) is 108 cm³/mol. The maximum Gasteiger partial charge on any atom is 0.266 e. The van der Waals surface area contributed by atoms with Crippen LogP contribution in [-0.4, -0.2) is 17.7 Å². The molecule has 0 aromatic heterocycles. The Kier molecular flexibility index (Phi) is 5.24. The van der Waals surface area contributed by atoms with Crippen molar-refractivity contribution in [3.8, 4) is 0 Å². The summed E-state index contributed by atoms with van der Waals surface area (Å²) in [7, 11) is 0. The summed E-state index contributed by atoms with van der Waals surface area (Å²) in [6.45, 7) is 0. The molecule has 2 aliphatic rings. The first-order valence-electron chi connectivity index (χ1n) is 10.0. The molecule has 0 atom stereocenters. The second-order valence-corrected chi connectivity index (χ2v) is 7.63. The smallest absolute Gasteiger partial charge is 0.266 e. The summed E-state index contributed by atoms with van der Waals surface area (Å²) in [6, 6.07) is 13.8. The third-order valence-electron chi connectivity index (χ3n) is 5.69. The molecule has 144 valence electrons. The van der Waals surface area contributed by atoms with Crippen molar-refractivity contribution >= 4 is 29.1 Å². The van der Waals surface area contributed by atoms with Gasteiger partial charge in [-0.25, -0.2) is 4.90 Å². The van der Waals surface area contributed by atoms with Gasteiger partial charge in [-0.3, -0.25) is 14.4 Å². The average Bonchev–Trinajstić information content (AvgIpc) is 2.98. The number of imide groups is 1. The van der Waals surface area contributed by atoms with Crippen molar-refractivity contribution in [3.05, 3.63) is 59.7 Å². The fourth-order valence-corrected chi connectivity index (χ4v) is 4.16. The van der Waals surface area contributed by atoms with Crippen LogP contribution in [-0.2, 0) is 4.79 Å². The molecule has 1 fully saturated rings. The second-order valence-electron chi connectivity index (χ2n) is 7.63. The normalized spacial score (nSPS) is 16.9. The first-order chi connectivity index (χ1) is 13.6. The molecule has 3 amide bonds. The highest BCUT2D eigenvalue weighted by molar-refractivity contribution is 6.34. The Bertz CT molecular complexity index is 901. The van der Waals surface area contributed by atoms with E-state index < -0.39 is 0 Å². The molecule has 0 saturated heterocycles.